The van der Waals surface area contributed by atoms with Gasteiger partial charge in [0.05, 0.1) is 12.1 Å². The number of aliphatic carboxylic acids is 2. The molecule has 3 N–H and O–H groups in total. The van der Waals surface area contributed by atoms with Crippen molar-refractivity contribution in [2.45, 2.75) is 22.6 Å². The highest BCUT2D eigenvalue weighted by Gasteiger charge is 2.55. The zero-order valence-corrected chi connectivity index (χ0v) is 14.3. The quantitative estimate of drug-likeness (QED) is 0.738. The summed E-state index contributed by atoms with van der Waals surface area (Å²) < 4.78 is 25.9. The summed E-state index contributed by atoms with van der Waals surface area (Å²) in [5.41, 5.74) is 0.932. The summed E-state index contributed by atoms with van der Waals surface area (Å²) in [5, 5.41) is 18.3. The Hall–Kier alpha value is -2.71. The molecule has 2 aromatic rings. The number of nitrogens with one attached hydrogen (secondary N) is 1. The standard InChI is InChI=1S/C18H17NO6S/c20-17(21)15-13(11-7-3-1-4-8-11)19-14(12-9-5-2-6-10-12)16(18(22)23)26(15,24)25/h1-10,13-16,19H,(H,20,21)(H,22,23)/t13-,14+,15-,16+. The van der Waals surface area contributed by atoms with E-state index in [9.17, 15) is 28.2 Å². The lowest BCUT2D eigenvalue weighted by Gasteiger charge is -2.39. The molecule has 136 valence electrons. The van der Waals surface area contributed by atoms with Gasteiger partial charge in [0.25, 0.3) is 0 Å². The van der Waals surface area contributed by atoms with Crippen LogP contribution in [0.1, 0.15) is 23.2 Å². The van der Waals surface area contributed by atoms with Gasteiger partial charge >= 0.3 is 11.9 Å². The van der Waals surface area contributed by atoms with Crippen molar-refractivity contribution in [1.29, 1.82) is 0 Å². The Morgan fingerprint density at radius 3 is 1.38 bits per heavy atom. The number of hydrogen-bond acceptors (Lipinski definition) is 5. The first-order chi connectivity index (χ1) is 12.3. The molecule has 0 spiro atoms. The van der Waals surface area contributed by atoms with Gasteiger partial charge < -0.3 is 10.2 Å². The van der Waals surface area contributed by atoms with Crippen LogP contribution in [0.15, 0.2) is 60.7 Å². The predicted octanol–water partition coefficient (Wildman–Crippen LogP) is 1.39. The van der Waals surface area contributed by atoms with Crippen molar-refractivity contribution < 1.29 is 28.2 Å². The van der Waals surface area contributed by atoms with Crippen LogP contribution in [0.2, 0.25) is 0 Å². The molecule has 1 saturated heterocycles. The van der Waals surface area contributed by atoms with Crippen LogP contribution in [-0.4, -0.2) is 41.1 Å². The van der Waals surface area contributed by atoms with E-state index in [0.29, 0.717) is 11.1 Å². The number of carboxylic acids is 2. The van der Waals surface area contributed by atoms with Crippen molar-refractivity contribution in [1.82, 2.24) is 5.32 Å². The van der Waals surface area contributed by atoms with Crippen LogP contribution in [0.4, 0.5) is 0 Å². The third-order valence-electron chi connectivity index (χ3n) is 4.48. The largest absolute Gasteiger partial charge is 0.480 e. The van der Waals surface area contributed by atoms with Crippen LogP contribution >= 0.6 is 0 Å². The Labute approximate surface area is 150 Å². The van der Waals surface area contributed by atoms with Gasteiger partial charge in [-0.25, -0.2) is 8.42 Å². The summed E-state index contributed by atoms with van der Waals surface area (Å²) >= 11 is 0. The minimum absolute atomic E-state index is 0.466. The van der Waals surface area contributed by atoms with Crippen LogP contribution in [-0.2, 0) is 19.4 Å². The van der Waals surface area contributed by atoms with Crippen molar-refractivity contribution in [3.05, 3.63) is 71.8 Å². The SMILES string of the molecule is O=C(O)[C@@H]1[C@H](c2ccccc2)N[C@H](c2ccccc2)[C@H](C(=O)O)S1(=O)=O. The molecular weight excluding hydrogens is 358 g/mol. The summed E-state index contributed by atoms with van der Waals surface area (Å²) in [5.74, 6) is -3.16. The molecule has 0 unspecified atom stereocenters. The highest BCUT2D eigenvalue weighted by atomic mass is 32.2. The van der Waals surface area contributed by atoms with E-state index in [4.69, 9.17) is 0 Å². The normalized spacial score (nSPS) is 27.5. The van der Waals surface area contributed by atoms with Crippen molar-refractivity contribution in [2.75, 3.05) is 0 Å². The summed E-state index contributed by atoms with van der Waals surface area (Å²) in [6, 6.07) is 14.5. The molecule has 3 rings (SSSR count). The van der Waals surface area contributed by atoms with E-state index in [1.54, 1.807) is 60.7 Å². The first kappa shape index (κ1) is 18.1. The van der Waals surface area contributed by atoms with Gasteiger partial charge in [-0.1, -0.05) is 60.7 Å². The minimum atomic E-state index is -4.52. The molecule has 4 atom stereocenters. The maximum atomic E-state index is 13.0. The number of carbonyl (C=O) groups is 2. The lowest BCUT2D eigenvalue weighted by molar-refractivity contribution is -0.138. The van der Waals surface area contributed by atoms with Gasteiger partial charge in [0.15, 0.2) is 20.3 Å². The molecule has 8 heteroatoms. The Morgan fingerprint density at radius 1 is 0.731 bits per heavy atom. The molecular formula is C18H17NO6S. The van der Waals surface area contributed by atoms with E-state index in [0.717, 1.165) is 0 Å². The van der Waals surface area contributed by atoms with Crippen LogP contribution in [0, 0.1) is 0 Å². The van der Waals surface area contributed by atoms with Gasteiger partial charge in [0.1, 0.15) is 0 Å². The molecule has 0 radical (unpaired) electrons. The van der Waals surface area contributed by atoms with Gasteiger partial charge in [-0.05, 0) is 11.1 Å². The minimum Gasteiger partial charge on any atom is -0.480 e. The Morgan fingerprint density at radius 2 is 1.08 bits per heavy atom. The highest BCUT2D eigenvalue weighted by Crippen LogP contribution is 2.38. The van der Waals surface area contributed by atoms with Gasteiger partial charge in [-0.15, -0.1) is 0 Å². The maximum Gasteiger partial charge on any atom is 0.323 e. The van der Waals surface area contributed by atoms with E-state index >= 15 is 0 Å². The third-order valence-corrected chi connectivity index (χ3v) is 6.84. The lowest BCUT2D eigenvalue weighted by atomic mass is 9.97. The fraction of sp³-hybridized carbons (Fsp3) is 0.222. The molecule has 1 heterocycles. The van der Waals surface area contributed by atoms with Gasteiger partial charge in [0.2, 0.25) is 0 Å². The molecule has 7 nitrogen and oxygen atoms in total. The second kappa shape index (κ2) is 6.89. The summed E-state index contributed by atoms with van der Waals surface area (Å²) in [4.78, 5) is 23.5. The lowest BCUT2D eigenvalue weighted by Crippen LogP contribution is -2.58. The van der Waals surface area contributed by atoms with Crippen molar-refractivity contribution in [3.63, 3.8) is 0 Å². The van der Waals surface area contributed by atoms with E-state index in [2.05, 4.69) is 5.32 Å². The molecule has 1 aliphatic rings. The van der Waals surface area contributed by atoms with Crippen molar-refractivity contribution in [3.8, 4) is 0 Å². The fourth-order valence-corrected chi connectivity index (χ4v) is 5.44. The van der Waals surface area contributed by atoms with Crippen LogP contribution in [0.25, 0.3) is 0 Å². The molecule has 26 heavy (non-hydrogen) atoms. The molecule has 0 bridgehead atoms. The van der Waals surface area contributed by atoms with Crippen molar-refractivity contribution in [2.24, 2.45) is 0 Å². The zero-order chi connectivity index (χ0) is 18.9. The number of hydrogen-bond donors (Lipinski definition) is 3. The summed E-state index contributed by atoms with van der Waals surface area (Å²) in [6.07, 6.45) is 0. The second-order valence-corrected chi connectivity index (χ2v) is 8.24. The molecule has 2 aromatic carbocycles. The van der Waals surface area contributed by atoms with Crippen LogP contribution in [0.5, 0.6) is 0 Å². The average molecular weight is 375 g/mol. The third kappa shape index (κ3) is 3.09. The molecule has 0 saturated carbocycles. The van der Waals surface area contributed by atoms with E-state index in [1.165, 1.54) is 0 Å². The first-order valence-electron chi connectivity index (χ1n) is 7.88. The molecule has 1 fully saturated rings. The molecule has 0 aromatic heterocycles. The average Bonchev–Trinajstić information content (AvgIpc) is 2.60. The highest BCUT2D eigenvalue weighted by molar-refractivity contribution is 7.94. The van der Waals surface area contributed by atoms with Crippen molar-refractivity contribution >= 4 is 21.8 Å². The monoisotopic (exact) mass is 375 g/mol. The number of sulfone groups is 1. The smallest absolute Gasteiger partial charge is 0.323 e. The van der Waals surface area contributed by atoms with E-state index in [-0.39, 0.29) is 0 Å². The second-order valence-electron chi connectivity index (χ2n) is 6.05. The van der Waals surface area contributed by atoms with E-state index in [1.807, 2.05) is 0 Å². The van der Waals surface area contributed by atoms with Crippen LogP contribution < -0.4 is 5.32 Å². The topological polar surface area (TPSA) is 121 Å². The summed E-state index contributed by atoms with van der Waals surface area (Å²) in [7, 11) is -4.52. The first-order valence-corrected chi connectivity index (χ1v) is 9.49. The number of benzene rings is 2. The van der Waals surface area contributed by atoms with Gasteiger partial charge in [-0.3, -0.25) is 14.9 Å². The Kier molecular flexibility index (Phi) is 4.80. The predicted molar refractivity (Wildman–Crippen MR) is 93.3 cm³/mol. The maximum absolute atomic E-state index is 13.0. The van der Waals surface area contributed by atoms with Gasteiger partial charge in [0, 0.05) is 0 Å². The molecule has 0 amide bonds. The molecule has 0 aliphatic carbocycles. The number of rotatable bonds is 4. The van der Waals surface area contributed by atoms with Crippen LogP contribution in [0.3, 0.4) is 0 Å². The van der Waals surface area contributed by atoms with E-state index < -0.39 is 44.4 Å². The fourth-order valence-electron chi connectivity index (χ4n) is 3.33. The zero-order valence-electron chi connectivity index (χ0n) is 13.5. The Balaban J connectivity index is 2.18. The molecule has 1 aliphatic heterocycles. The Bertz CT molecular complexity index is 844. The van der Waals surface area contributed by atoms with Gasteiger partial charge in [-0.2, -0.15) is 0 Å². The summed E-state index contributed by atoms with van der Waals surface area (Å²) in [6.45, 7) is 0. The number of carboxylic acid groups (broad SMARTS) is 2.